The third-order valence-corrected chi connectivity index (χ3v) is 6.78. The molecular weight excluding hydrogens is 484 g/mol. The lowest BCUT2D eigenvalue weighted by molar-refractivity contribution is 0.389. The van der Waals surface area contributed by atoms with Crippen LogP contribution in [0.15, 0.2) is 80.2 Å². The molecule has 0 spiro atoms. The average molecular weight is 516 g/mol. The molecular formula is C29H31F2N7. The van der Waals surface area contributed by atoms with E-state index in [2.05, 4.69) is 38.7 Å². The molecule has 2 N–H and O–H groups in total. The number of fused-ring (bicyclic) bond motifs is 1. The van der Waals surface area contributed by atoms with E-state index in [9.17, 15) is 8.78 Å². The van der Waals surface area contributed by atoms with Crippen LogP contribution in [0.1, 0.15) is 30.0 Å². The molecule has 3 heterocycles. The number of imidazole rings is 1. The summed E-state index contributed by atoms with van der Waals surface area (Å²) in [6.07, 6.45) is 7.09. The van der Waals surface area contributed by atoms with Gasteiger partial charge in [-0.25, -0.2) is 13.8 Å². The van der Waals surface area contributed by atoms with Crippen LogP contribution in [0.4, 0.5) is 20.5 Å². The maximum Gasteiger partial charge on any atom is 0.227 e. The molecule has 2 aromatic heterocycles. The van der Waals surface area contributed by atoms with Crippen molar-refractivity contribution < 1.29 is 8.78 Å². The van der Waals surface area contributed by atoms with Gasteiger partial charge in [0.1, 0.15) is 11.6 Å². The predicted molar refractivity (Wildman–Crippen MR) is 147 cm³/mol. The average Bonchev–Trinajstić information content (AvgIpc) is 3.34. The molecule has 1 aliphatic rings. The summed E-state index contributed by atoms with van der Waals surface area (Å²) in [5.74, 6) is 0.768. The van der Waals surface area contributed by atoms with E-state index in [0.29, 0.717) is 19.0 Å². The van der Waals surface area contributed by atoms with Crippen molar-refractivity contribution in [1.82, 2.24) is 24.8 Å². The Hall–Kier alpha value is -4.11. The number of halogens is 2. The number of rotatable bonds is 10. The third-order valence-electron chi connectivity index (χ3n) is 6.78. The van der Waals surface area contributed by atoms with E-state index in [0.717, 1.165) is 54.0 Å². The Bertz CT molecular complexity index is 1350. The lowest BCUT2D eigenvalue weighted by Gasteiger charge is -2.35. The Kier molecular flexibility index (Phi) is 7.74. The van der Waals surface area contributed by atoms with Crippen LogP contribution in [0.2, 0.25) is 0 Å². The molecule has 0 amide bonds. The number of hydrogen-bond donors (Lipinski definition) is 2. The first-order valence-corrected chi connectivity index (χ1v) is 12.8. The molecule has 0 unspecified atom stereocenters. The zero-order chi connectivity index (χ0) is 26.5. The Balaban J connectivity index is 1.36. The SMILES string of the molecule is C=CCNc1nc(N2CCC(NC(c3ccc(F)cc3)c3ccc(F)cc3)CC2)c2ncn(CC=C)c2n1. The second-order valence-electron chi connectivity index (χ2n) is 9.36. The molecule has 0 atom stereocenters. The number of anilines is 2. The molecule has 1 fully saturated rings. The highest BCUT2D eigenvalue weighted by Gasteiger charge is 2.26. The largest absolute Gasteiger partial charge is 0.354 e. The molecule has 5 rings (SSSR count). The lowest BCUT2D eigenvalue weighted by Crippen LogP contribution is -2.44. The molecule has 4 aromatic rings. The van der Waals surface area contributed by atoms with Gasteiger partial charge in [-0.3, -0.25) is 0 Å². The highest BCUT2D eigenvalue weighted by atomic mass is 19.1. The first kappa shape index (κ1) is 25.5. The minimum Gasteiger partial charge on any atom is -0.354 e. The number of nitrogens with zero attached hydrogens (tertiary/aromatic N) is 5. The number of nitrogens with one attached hydrogen (secondary N) is 2. The highest BCUT2D eigenvalue weighted by Crippen LogP contribution is 2.29. The van der Waals surface area contributed by atoms with E-state index in [1.807, 2.05) is 10.6 Å². The first-order valence-electron chi connectivity index (χ1n) is 12.8. The monoisotopic (exact) mass is 515 g/mol. The van der Waals surface area contributed by atoms with Gasteiger partial charge in [-0.1, -0.05) is 36.4 Å². The maximum absolute atomic E-state index is 13.6. The van der Waals surface area contributed by atoms with Crippen molar-refractivity contribution >= 4 is 22.9 Å². The van der Waals surface area contributed by atoms with Crippen LogP contribution in [0.5, 0.6) is 0 Å². The van der Waals surface area contributed by atoms with Gasteiger partial charge in [0.2, 0.25) is 5.95 Å². The minimum atomic E-state index is -0.284. The summed E-state index contributed by atoms with van der Waals surface area (Å²) in [6.45, 7) is 10.3. The number of allylic oxidation sites excluding steroid dienone is 1. The van der Waals surface area contributed by atoms with Gasteiger partial charge in [0, 0.05) is 32.2 Å². The van der Waals surface area contributed by atoms with Crippen molar-refractivity contribution in [3.8, 4) is 0 Å². The van der Waals surface area contributed by atoms with E-state index < -0.39 is 0 Å². The van der Waals surface area contributed by atoms with E-state index in [1.165, 1.54) is 24.3 Å². The summed E-state index contributed by atoms with van der Waals surface area (Å²) in [5.41, 5.74) is 3.39. The van der Waals surface area contributed by atoms with Crippen molar-refractivity contribution in [2.45, 2.75) is 31.5 Å². The van der Waals surface area contributed by atoms with Crippen molar-refractivity contribution in [3.63, 3.8) is 0 Å². The van der Waals surface area contributed by atoms with E-state index in [4.69, 9.17) is 4.98 Å². The fourth-order valence-electron chi connectivity index (χ4n) is 4.85. The zero-order valence-corrected chi connectivity index (χ0v) is 21.2. The van der Waals surface area contributed by atoms with Gasteiger partial charge >= 0.3 is 0 Å². The number of benzene rings is 2. The van der Waals surface area contributed by atoms with Gasteiger partial charge in [-0.15, -0.1) is 13.2 Å². The highest BCUT2D eigenvalue weighted by molar-refractivity contribution is 5.85. The summed E-state index contributed by atoms with van der Waals surface area (Å²) in [4.78, 5) is 16.3. The summed E-state index contributed by atoms with van der Waals surface area (Å²) >= 11 is 0. The third kappa shape index (κ3) is 5.57. The Morgan fingerprint density at radius 3 is 2.13 bits per heavy atom. The fraction of sp³-hybridized carbons (Fsp3) is 0.276. The molecule has 0 radical (unpaired) electrons. The minimum absolute atomic E-state index is 0.178. The summed E-state index contributed by atoms with van der Waals surface area (Å²) in [7, 11) is 0. The second kappa shape index (κ2) is 11.5. The van der Waals surface area contributed by atoms with Gasteiger partial charge in [0.25, 0.3) is 0 Å². The van der Waals surface area contributed by atoms with Gasteiger partial charge in [-0.05, 0) is 48.2 Å². The van der Waals surface area contributed by atoms with E-state index in [1.54, 1.807) is 36.7 Å². The molecule has 9 heteroatoms. The topological polar surface area (TPSA) is 70.9 Å². The van der Waals surface area contributed by atoms with E-state index in [-0.39, 0.29) is 23.7 Å². The van der Waals surface area contributed by atoms with Gasteiger partial charge < -0.3 is 20.1 Å². The predicted octanol–water partition coefficient (Wildman–Crippen LogP) is 5.24. The maximum atomic E-state index is 13.6. The summed E-state index contributed by atoms with van der Waals surface area (Å²) in [6, 6.07) is 13.0. The molecule has 1 saturated heterocycles. The smallest absolute Gasteiger partial charge is 0.227 e. The number of piperidine rings is 1. The van der Waals surface area contributed by atoms with Crippen LogP contribution in [0.25, 0.3) is 11.2 Å². The zero-order valence-electron chi connectivity index (χ0n) is 21.2. The summed E-state index contributed by atoms with van der Waals surface area (Å²) in [5, 5.41) is 6.94. The molecule has 0 aliphatic carbocycles. The number of aromatic nitrogens is 4. The Morgan fingerprint density at radius 2 is 1.55 bits per heavy atom. The van der Waals surface area contributed by atoms with Gasteiger partial charge in [0.05, 0.1) is 12.4 Å². The van der Waals surface area contributed by atoms with Crippen molar-refractivity contribution in [1.29, 1.82) is 0 Å². The molecule has 1 aliphatic heterocycles. The molecule has 7 nitrogen and oxygen atoms in total. The van der Waals surface area contributed by atoms with Crippen LogP contribution in [0, 0.1) is 11.6 Å². The molecule has 0 saturated carbocycles. The van der Waals surface area contributed by atoms with Crippen molar-refractivity contribution in [2.75, 3.05) is 29.9 Å². The van der Waals surface area contributed by atoms with Gasteiger partial charge in [-0.2, -0.15) is 9.97 Å². The van der Waals surface area contributed by atoms with Crippen molar-refractivity contribution in [2.24, 2.45) is 0 Å². The van der Waals surface area contributed by atoms with Crippen LogP contribution in [-0.4, -0.2) is 45.2 Å². The van der Waals surface area contributed by atoms with Crippen LogP contribution in [-0.2, 0) is 6.54 Å². The molecule has 38 heavy (non-hydrogen) atoms. The molecule has 2 aromatic carbocycles. The quantitative estimate of drug-likeness (QED) is 0.282. The van der Waals surface area contributed by atoms with E-state index >= 15 is 0 Å². The number of hydrogen-bond acceptors (Lipinski definition) is 6. The second-order valence-corrected chi connectivity index (χ2v) is 9.36. The van der Waals surface area contributed by atoms with Crippen LogP contribution in [0.3, 0.4) is 0 Å². The molecule has 196 valence electrons. The first-order chi connectivity index (χ1) is 18.6. The standard InChI is InChI=1S/C29H31F2N7/c1-3-15-32-29-35-27(26-28(36-29)38(16-4-2)19-33-26)37-17-13-24(14-18-37)34-25(20-5-9-22(30)10-6-20)21-7-11-23(31)12-8-21/h3-12,19,24-25,34H,1-2,13-18H2,(H,32,35,36). The van der Waals surface area contributed by atoms with Gasteiger partial charge in [0.15, 0.2) is 17.0 Å². The normalized spacial score (nSPS) is 14.2. The Morgan fingerprint density at radius 1 is 0.921 bits per heavy atom. The van der Waals surface area contributed by atoms with Crippen molar-refractivity contribution in [3.05, 3.63) is 103 Å². The fourth-order valence-corrected chi connectivity index (χ4v) is 4.85. The Labute approximate surface area is 220 Å². The summed E-state index contributed by atoms with van der Waals surface area (Å²) < 4.78 is 29.2. The molecule has 0 bridgehead atoms. The lowest BCUT2D eigenvalue weighted by atomic mass is 9.95. The van der Waals surface area contributed by atoms with Crippen LogP contribution < -0.4 is 15.5 Å². The van der Waals surface area contributed by atoms with Crippen LogP contribution >= 0.6 is 0 Å².